The van der Waals surface area contributed by atoms with Gasteiger partial charge in [0.2, 0.25) is 0 Å². The van der Waals surface area contributed by atoms with Gasteiger partial charge in [0.1, 0.15) is 0 Å². The minimum Gasteiger partial charge on any atom is -0.459 e. The van der Waals surface area contributed by atoms with Gasteiger partial charge in [-0.3, -0.25) is 9.59 Å². The maximum atomic E-state index is 12.9. The molecular formula is C22H23N3O3S. The Morgan fingerprint density at radius 2 is 1.79 bits per heavy atom. The first-order chi connectivity index (χ1) is 14.1. The highest BCUT2D eigenvalue weighted by Gasteiger charge is 2.19. The van der Waals surface area contributed by atoms with E-state index >= 15 is 0 Å². The summed E-state index contributed by atoms with van der Waals surface area (Å²) in [5.74, 6) is -0.272. The summed E-state index contributed by atoms with van der Waals surface area (Å²) in [6, 6.07) is 13.0. The maximum Gasteiger partial charge on any atom is 0.291 e. The molecule has 6 nitrogen and oxygen atoms in total. The lowest BCUT2D eigenvalue weighted by atomic mass is 10.1. The van der Waals surface area contributed by atoms with E-state index < -0.39 is 0 Å². The summed E-state index contributed by atoms with van der Waals surface area (Å²) < 4.78 is 5.11. The summed E-state index contributed by atoms with van der Waals surface area (Å²) in [6.45, 7) is 3.88. The van der Waals surface area contributed by atoms with Gasteiger partial charge in [0.15, 0.2) is 5.76 Å². The number of aryl methyl sites for hydroxylation is 1. The number of nitrogens with one attached hydrogen (secondary N) is 2. The van der Waals surface area contributed by atoms with Crippen molar-refractivity contribution in [3.05, 3.63) is 64.9 Å². The van der Waals surface area contributed by atoms with E-state index in [1.165, 1.54) is 36.9 Å². The van der Waals surface area contributed by atoms with E-state index in [4.69, 9.17) is 4.42 Å². The molecule has 29 heavy (non-hydrogen) atoms. The molecule has 1 saturated heterocycles. The third-order valence-electron chi connectivity index (χ3n) is 4.95. The molecule has 2 amide bonds. The molecule has 0 spiro atoms. The second-order valence-electron chi connectivity index (χ2n) is 7.07. The number of nitrogens with zero attached hydrogens (tertiary/aromatic N) is 1. The minimum atomic E-state index is -0.335. The highest BCUT2D eigenvalue weighted by atomic mass is 32.1. The number of anilines is 3. The van der Waals surface area contributed by atoms with Crippen LogP contribution in [0.5, 0.6) is 0 Å². The summed E-state index contributed by atoms with van der Waals surface area (Å²) in [5.41, 5.74) is 2.69. The zero-order valence-electron chi connectivity index (χ0n) is 16.2. The van der Waals surface area contributed by atoms with Crippen molar-refractivity contribution in [2.75, 3.05) is 28.6 Å². The van der Waals surface area contributed by atoms with Crippen LogP contribution in [0.3, 0.4) is 0 Å². The molecule has 0 atom stereocenters. The monoisotopic (exact) mass is 409 g/mol. The molecule has 0 bridgehead atoms. The van der Waals surface area contributed by atoms with Crippen LogP contribution in [-0.4, -0.2) is 24.9 Å². The zero-order chi connectivity index (χ0) is 20.2. The normalized spacial score (nSPS) is 13.9. The number of hydrogen-bond acceptors (Lipinski definition) is 5. The Hall–Kier alpha value is -3.06. The highest BCUT2D eigenvalue weighted by Crippen LogP contribution is 2.31. The smallest absolute Gasteiger partial charge is 0.291 e. The average Bonchev–Trinajstić information content (AvgIpc) is 3.39. The lowest BCUT2D eigenvalue weighted by Gasteiger charge is -2.30. The number of benzene rings is 1. The number of carbonyl (C=O) groups is 2. The molecule has 3 aromatic rings. The Morgan fingerprint density at radius 1 is 1.00 bits per heavy atom. The van der Waals surface area contributed by atoms with Crippen LogP contribution in [0, 0.1) is 6.92 Å². The van der Waals surface area contributed by atoms with Crippen LogP contribution in [0.25, 0.3) is 0 Å². The van der Waals surface area contributed by atoms with Crippen LogP contribution in [0.15, 0.2) is 53.1 Å². The van der Waals surface area contributed by atoms with Crippen LogP contribution >= 0.6 is 11.3 Å². The van der Waals surface area contributed by atoms with Crippen LogP contribution in [0.1, 0.15) is 45.1 Å². The molecule has 3 heterocycles. The van der Waals surface area contributed by atoms with Gasteiger partial charge in [-0.05, 0) is 62.1 Å². The fourth-order valence-corrected chi connectivity index (χ4v) is 4.48. The quantitative estimate of drug-likeness (QED) is 0.611. The van der Waals surface area contributed by atoms with Gasteiger partial charge in [-0.15, -0.1) is 11.3 Å². The van der Waals surface area contributed by atoms with Gasteiger partial charge in [-0.25, -0.2) is 0 Å². The predicted octanol–water partition coefficient (Wildman–Crippen LogP) is 5.14. The lowest BCUT2D eigenvalue weighted by molar-refractivity contribution is 0.0995. The van der Waals surface area contributed by atoms with Crippen LogP contribution < -0.4 is 15.5 Å². The van der Waals surface area contributed by atoms with E-state index in [1.54, 1.807) is 18.2 Å². The van der Waals surface area contributed by atoms with Gasteiger partial charge in [-0.1, -0.05) is 12.1 Å². The van der Waals surface area contributed by atoms with Gasteiger partial charge >= 0.3 is 0 Å². The second kappa shape index (κ2) is 8.53. The Bertz CT molecular complexity index is 1000. The van der Waals surface area contributed by atoms with E-state index in [0.717, 1.165) is 30.0 Å². The number of hydrogen-bond donors (Lipinski definition) is 2. The first kappa shape index (κ1) is 19.3. The first-order valence-electron chi connectivity index (χ1n) is 9.72. The summed E-state index contributed by atoms with van der Waals surface area (Å²) in [4.78, 5) is 28.0. The molecule has 0 unspecified atom stereocenters. The molecule has 2 N–H and O–H groups in total. The van der Waals surface area contributed by atoms with Crippen molar-refractivity contribution in [3.8, 4) is 0 Å². The summed E-state index contributed by atoms with van der Waals surface area (Å²) >= 11 is 1.25. The number of thiophene rings is 1. The van der Waals surface area contributed by atoms with Gasteiger partial charge < -0.3 is 20.0 Å². The molecule has 0 aliphatic carbocycles. The van der Waals surface area contributed by atoms with Crippen molar-refractivity contribution in [3.63, 3.8) is 0 Å². The summed E-state index contributed by atoms with van der Waals surface area (Å²) in [5, 5.41) is 6.45. The molecule has 1 aromatic carbocycles. The van der Waals surface area contributed by atoms with Crippen molar-refractivity contribution in [2.24, 2.45) is 0 Å². The minimum absolute atomic E-state index is 0.171. The van der Waals surface area contributed by atoms with E-state index in [-0.39, 0.29) is 17.6 Å². The number of carbonyl (C=O) groups excluding carboxylic acids is 2. The third kappa shape index (κ3) is 4.35. The van der Waals surface area contributed by atoms with Crippen molar-refractivity contribution in [2.45, 2.75) is 26.2 Å². The standard InChI is InChI=1S/C22H23N3O3S/c1-15-14-19(24-21(26)18-10-7-13-28-18)29-20(15)22(27)23-16-8-3-4-9-17(16)25-11-5-2-6-12-25/h3-4,7-10,13-14H,2,5-6,11-12H2,1H3,(H,23,27)(H,24,26). The summed E-state index contributed by atoms with van der Waals surface area (Å²) in [7, 11) is 0. The van der Waals surface area contributed by atoms with Gasteiger partial charge in [0.05, 0.1) is 27.5 Å². The van der Waals surface area contributed by atoms with Gasteiger partial charge in [0, 0.05) is 13.1 Å². The molecule has 1 aliphatic heterocycles. The van der Waals surface area contributed by atoms with E-state index in [9.17, 15) is 9.59 Å². The Labute approximate surface area is 173 Å². The molecule has 4 rings (SSSR count). The van der Waals surface area contributed by atoms with Crippen molar-refractivity contribution in [1.82, 2.24) is 0 Å². The molecule has 0 radical (unpaired) electrons. The van der Waals surface area contributed by atoms with Gasteiger partial charge in [0.25, 0.3) is 11.8 Å². The fourth-order valence-electron chi connectivity index (χ4n) is 3.52. The molecule has 0 saturated carbocycles. The van der Waals surface area contributed by atoms with Crippen molar-refractivity contribution >= 4 is 39.5 Å². The van der Waals surface area contributed by atoms with Crippen molar-refractivity contribution < 1.29 is 14.0 Å². The van der Waals surface area contributed by atoms with Crippen LogP contribution in [0.4, 0.5) is 16.4 Å². The van der Waals surface area contributed by atoms with E-state index in [1.807, 2.05) is 25.1 Å². The number of rotatable bonds is 5. The SMILES string of the molecule is Cc1cc(NC(=O)c2ccco2)sc1C(=O)Nc1ccccc1N1CCCCC1. The first-order valence-corrected chi connectivity index (χ1v) is 10.5. The summed E-state index contributed by atoms with van der Waals surface area (Å²) in [6.07, 6.45) is 5.05. The third-order valence-corrected chi connectivity index (χ3v) is 6.11. The topological polar surface area (TPSA) is 74.6 Å². The number of piperidine rings is 1. The molecule has 1 fully saturated rings. The van der Waals surface area contributed by atoms with Crippen LogP contribution in [-0.2, 0) is 0 Å². The second-order valence-corrected chi connectivity index (χ2v) is 8.13. The Morgan fingerprint density at radius 3 is 2.55 bits per heavy atom. The van der Waals surface area contributed by atoms with Gasteiger partial charge in [-0.2, -0.15) is 0 Å². The molecule has 1 aliphatic rings. The highest BCUT2D eigenvalue weighted by molar-refractivity contribution is 7.18. The van der Waals surface area contributed by atoms with E-state index in [0.29, 0.717) is 9.88 Å². The molecule has 2 aromatic heterocycles. The molecule has 150 valence electrons. The number of para-hydroxylation sites is 2. The van der Waals surface area contributed by atoms with Crippen molar-refractivity contribution in [1.29, 1.82) is 0 Å². The number of furan rings is 1. The van der Waals surface area contributed by atoms with Crippen LogP contribution in [0.2, 0.25) is 0 Å². The predicted molar refractivity (Wildman–Crippen MR) is 116 cm³/mol. The Balaban J connectivity index is 1.49. The fraction of sp³-hybridized carbons (Fsp3) is 0.273. The maximum absolute atomic E-state index is 12.9. The molecular weight excluding hydrogens is 386 g/mol. The number of amides is 2. The largest absolute Gasteiger partial charge is 0.459 e. The average molecular weight is 410 g/mol. The van der Waals surface area contributed by atoms with E-state index in [2.05, 4.69) is 21.6 Å². The lowest BCUT2D eigenvalue weighted by Crippen LogP contribution is -2.30. The Kier molecular flexibility index (Phi) is 5.67. The zero-order valence-corrected chi connectivity index (χ0v) is 17.1. The molecule has 7 heteroatoms.